The monoisotopic (exact) mass is 353 g/mol. The van der Waals surface area contributed by atoms with E-state index in [9.17, 15) is 14.4 Å². The number of nitrogens with zero attached hydrogens (tertiary/aromatic N) is 1. The quantitative estimate of drug-likeness (QED) is 0.538. The second kappa shape index (κ2) is 7.97. The van der Waals surface area contributed by atoms with E-state index >= 15 is 0 Å². The van der Waals surface area contributed by atoms with Crippen LogP contribution < -0.4 is 10.6 Å². The van der Waals surface area contributed by atoms with Gasteiger partial charge in [0.15, 0.2) is 0 Å². The van der Waals surface area contributed by atoms with Crippen LogP contribution in [0.4, 0.5) is 4.79 Å². The molecule has 0 aromatic rings. The predicted octanol–water partition coefficient (Wildman–Crippen LogP) is 0.573. The average Bonchev–Trinajstić information content (AvgIpc) is 2.70. The number of amides is 4. The summed E-state index contributed by atoms with van der Waals surface area (Å²) in [6.45, 7) is 8.27. The molecule has 2 rings (SSSR count). The van der Waals surface area contributed by atoms with E-state index in [-0.39, 0.29) is 18.7 Å². The summed E-state index contributed by atoms with van der Waals surface area (Å²) in [5, 5.41) is 5.37. The van der Waals surface area contributed by atoms with Crippen LogP contribution in [0.5, 0.6) is 0 Å². The molecule has 25 heavy (non-hydrogen) atoms. The maximum Gasteiger partial charge on any atom is 0.325 e. The van der Waals surface area contributed by atoms with Crippen molar-refractivity contribution >= 4 is 17.8 Å². The Bertz CT molecular complexity index is 569. The smallest absolute Gasteiger partial charge is 0.325 e. The van der Waals surface area contributed by atoms with Gasteiger partial charge in [-0.15, -0.1) is 0 Å². The van der Waals surface area contributed by atoms with Gasteiger partial charge >= 0.3 is 6.03 Å². The summed E-state index contributed by atoms with van der Waals surface area (Å²) in [5.74, 6) is -0.823. The molecule has 4 amide bonds. The first-order valence-corrected chi connectivity index (χ1v) is 8.47. The molecule has 2 saturated heterocycles. The second-order valence-corrected chi connectivity index (χ2v) is 7.14. The van der Waals surface area contributed by atoms with Crippen LogP contribution in [0, 0.1) is 0 Å². The van der Waals surface area contributed by atoms with Gasteiger partial charge in [0, 0.05) is 6.61 Å². The van der Waals surface area contributed by atoms with Gasteiger partial charge in [-0.2, -0.15) is 0 Å². The Morgan fingerprint density at radius 2 is 2.16 bits per heavy atom. The maximum absolute atomic E-state index is 12.3. The molecule has 0 radical (unpaired) electrons. The summed E-state index contributed by atoms with van der Waals surface area (Å²) in [6, 6.07) is -0.859. The van der Waals surface area contributed by atoms with Crippen LogP contribution >= 0.6 is 0 Å². The van der Waals surface area contributed by atoms with E-state index in [1.54, 1.807) is 13.8 Å². The fraction of sp³-hybridized carbons (Fsp3) is 0.706. The van der Waals surface area contributed by atoms with Crippen molar-refractivity contribution in [3.05, 3.63) is 11.6 Å². The molecule has 2 heterocycles. The third-order valence-electron chi connectivity index (χ3n) is 4.19. The number of ether oxygens (including phenoxy) is 2. The van der Waals surface area contributed by atoms with Gasteiger partial charge < -0.3 is 20.1 Å². The highest BCUT2D eigenvalue weighted by molar-refractivity contribution is 6.08. The molecular formula is C17H27N3O5. The summed E-state index contributed by atoms with van der Waals surface area (Å²) >= 11 is 0. The number of carbonyl (C=O) groups excluding carboxylic acids is 3. The Labute approximate surface area is 147 Å². The highest BCUT2D eigenvalue weighted by Crippen LogP contribution is 2.17. The lowest BCUT2D eigenvalue weighted by Gasteiger charge is -2.32. The second-order valence-electron chi connectivity index (χ2n) is 7.14. The van der Waals surface area contributed by atoms with Crippen LogP contribution in [0.3, 0.4) is 0 Å². The summed E-state index contributed by atoms with van der Waals surface area (Å²) in [5.41, 5.74) is 0.176. The zero-order valence-corrected chi connectivity index (χ0v) is 15.3. The van der Waals surface area contributed by atoms with Gasteiger partial charge in [0.2, 0.25) is 5.91 Å². The van der Waals surface area contributed by atoms with E-state index in [2.05, 4.69) is 10.6 Å². The van der Waals surface area contributed by atoms with E-state index in [0.717, 1.165) is 10.5 Å². The number of urea groups is 1. The van der Waals surface area contributed by atoms with Crippen molar-refractivity contribution in [2.45, 2.75) is 51.8 Å². The lowest BCUT2D eigenvalue weighted by molar-refractivity contribution is -0.135. The number of hydrogen-bond acceptors (Lipinski definition) is 5. The molecule has 0 aromatic heterocycles. The summed E-state index contributed by atoms with van der Waals surface area (Å²) in [4.78, 5) is 37.2. The summed E-state index contributed by atoms with van der Waals surface area (Å²) in [7, 11) is 0. The minimum Gasteiger partial charge on any atom is -0.379 e. The van der Waals surface area contributed by atoms with E-state index in [1.165, 1.54) is 0 Å². The topological polar surface area (TPSA) is 97.0 Å². The van der Waals surface area contributed by atoms with E-state index < -0.39 is 23.4 Å². The lowest BCUT2D eigenvalue weighted by Crippen LogP contribution is -2.53. The lowest BCUT2D eigenvalue weighted by atomic mass is 10.1. The molecule has 2 N–H and O–H groups in total. The van der Waals surface area contributed by atoms with Crippen LogP contribution in [-0.2, 0) is 19.1 Å². The maximum atomic E-state index is 12.3. The Hall–Kier alpha value is -1.93. The van der Waals surface area contributed by atoms with Crippen molar-refractivity contribution in [2.24, 2.45) is 0 Å². The molecule has 0 bridgehead atoms. The van der Waals surface area contributed by atoms with E-state index in [1.807, 2.05) is 19.9 Å². The normalized spacial score (nSPS) is 25.5. The zero-order chi connectivity index (χ0) is 18.6. The average molecular weight is 353 g/mol. The van der Waals surface area contributed by atoms with Crippen molar-refractivity contribution in [3.63, 3.8) is 0 Å². The molecule has 0 unspecified atom stereocenters. The highest BCUT2D eigenvalue weighted by Gasteiger charge is 2.45. The number of rotatable bonds is 6. The molecule has 2 atom stereocenters. The van der Waals surface area contributed by atoms with Crippen molar-refractivity contribution in [1.82, 2.24) is 15.5 Å². The minimum absolute atomic E-state index is 0.159. The molecule has 2 fully saturated rings. The number of imide groups is 1. The molecule has 2 aliphatic rings. The summed E-state index contributed by atoms with van der Waals surface area (Å²) < 4.78 is 11.2. The summed E-state index contributed by atoms with van der Waals surface area (Å²) in [6.07, 6.45) is 2.49. The van der Waals surface area contributed by atoms with Gasteiger partial charge in [-0.1, -0.05) is 11.6 Å². The molecule has 0 aliphatic carbocycles. The Morgan fingerprint density at radius 1 is 1.44 bits per heavy atom. The zero-order valence-electron chi connectivity index (χ0n) is 15.3. The number of carbonyl (C=O) groups is 3. The standard InChI is InChI=1S/C17H27N3O5/c1-11(2)5-8-25-13-6-7-24-10-12(13)18-14(21)9-20-15(22)17(3,4)19-16(20)23/h5,12-13H,6-10H2,1-4H3,(H,18,21)(H,19,23)/t12-,13+/m1/s1. The van der Waals surface area contributed by atoms with Crippen LogP contribution in [0.1, 0.15) is 34.1 Å². The number of allylic oxidation sites excluding steroid dienone is 1. The van der Waals surface area contributed by atoms with Crippen molar-refractivity contribution in [3.8, 4) is 0 Å². The van der Waals surface area contributed by atoms with E-state index in [4.69, 9.17) is 9.47 Å². The molecule has 8 heteroatoms. The third kappa shape index (κ3) is 5.02. The fourth-order valence-corrected chi connectivity index (χ4v) is 2.75. The van der Waals surface area contributed by atoms with Crippen molar-refractivity contribution in [2.75, 3.05) is 26.4 Å². The van der Waals surface area contributed by atoms with Gasteiger partial charge in [-0.05, 0) is 34.1 Å². The third-order valence-corrected chi connectivity index (χ3v) is 4.19. The van der Waals surface area contributed by atoms with Crippen molar-refractivity contribution < 1.29 is 23.9 Å². The molecular weight excluding hydrogens is 326 g/mol. The first kappa shape index (κ1) is 19.4. The van der Waals surface area contributed by atoms with Crippen molar-refractivity contribution in [1.29, 1.82) is 0 Å². The van der Waals surface area contributed by atoms with Crippen LogP contribution in [0.15, 0.2) is 11.6 Å². The largest absolute Gasteiger partial charge is 0.379 e. The molecule has 0 saturated carbocycles. The van der Waals surface area contributed by atoms with Gasteiger partial charge in [-0.25, -0.2) is 4.79 Å². The predicted molar refractivity (Wildman–Crippen MR) is 90.9 cm³/mol. The molecule has 0 aromatic carbocycles. The molecule has 2 aliphatic heterocycles. The van der Waals surface area contributed by atoms with Gasteiger partial charge in [0.05, 0.1) is 25.4 Å². The SMILES string of the molecule is CC(C)=CCO[C@H]1CCOC[C@H]1NC(=O)CN1C(=O)NC(C)(C)C1=O. The first-order chi connectivity index (χ1) is 11.7. The van der Waals surface area contributed by atoms with E-state index in [0.29, 0.717) is 26.2 Å². The first-order valence-electron chi connectivity index (χ1n) is 8.47. The Kier molecular flexibility index (Phi) is 6.18. The molecule has 0 spiro atoms. The Morgan fingerprint density at radius 3 is 2.76 bits per heavy atom. The van der Waals surface area contributed by atoms with Crippen LogP contribution in [0.2, 0.25) is 0 Å². The number of nitrogens with one attached hydrogen (secondary N) is 2. The van der Waals surface area contributed by atoms with Gasteiger partial charge in [0.1, 0.15) is 12.1 Å². The Balaban J connectivity index is 1.90. The van der Waals surface area contributed by atoms with Gasteiger partial charge in [-0.3, -0.25) is 14.5 Å². The highest BCUT2D eigenvalue weighted by atomic mass is 16.5. The number of hydrogen-bond donors (Lipinski definition) is 2. The van der Waals surface area contributed by atoms with Gasteiger partial charge in [0.25, 0.3) is 5.91 Å². The molecule has 8 nitrogen and oxygen atoms in total. The van der Waals surface area contributed by atoms with Crippen LogP contribution in [-0.4, -0.2) is 66.8 Å². The minimum atomic E-state index is -0.985. The fourth-order valence-electron chi connectivity index (χ4n) is 2.75. The molecule has 140 valence electrons. The van der Waals surface area contributed by atoms with Crippen LogP contribution in [0.25, 0.3) is 0 Å².